The minimum Gasteiger partial charge on any atom is -0.493 e. The average Bonchev–Trinajstić information content (AvgIpc) is 2.52. The van der Waals surface area contributed by atoms with E-state index in [0.29, 0.717) is 23.7 Å². The van der Waals surface area contributed by atoms with Crippen molar-refractivity contribution >= 4 is 28.0 Å². The lowest BCUT2D eigenvalue weighted by Gasteiger charge is -2.14. The number of aliphatic carboxylic acids is 1. The van der Waals surface area contributed by atoms with Crippen molar-refractivity contribution in [3.8, 4) is 11.5 Å². The van der Waals surface area contributed by atoms with Crippen molar-refractivity contribution in [2.24, 2.45) is 0 Å². The van der Waals surface area contributed by atoms with Crippen LogP contribution in [0, 0.1) is 0 Å². The van der Waals surface area contributed by atoms with Gasteiger partial charge in [0.2, 0.25) is 0 Å². The van der Waals surface area contributed by atoms with Crippen LogP contribution in [0.4, 0.5) is 0 Å². The number of hydrogen-bond acceptors (Lipinski definition) is 3. The Balaban J connectivity index is 2.32. The van der Waals surface area contributed by atoms with Crippen LogP contribution in [0.2, 0.25) is 0 Å². The lowest BCUT2D eigenvalue weighted by Crippen LogP contribution is -2.00. The van der Waals surface area contributed by atoms with Gasteiger partial charge in [-0.2, -0.15) is 0 Å². The maximum absolute atomic E-state index is 10.7. The van der Waals surface area contributed by atoms with Crippen LogP contribution in [-0.2, 0) is 11.4 Å². The third kappa shape index (κ3) is 4.36. The summed E-state index contributed by atoms with van der Waals surface area (Å²) < 4.78 is 11.9. The summed E-state index contributed by atoms with van der Waals surface area (Å²) in [7, 11) is 1.54. The molecular formula is C17H15BrO4. The van der Waals surface area contributed by atoms with Crippen LogP contribution in [0.5, 0.6) is 11.5 Å². The molecule has 0 fully saturated rings. The van der Waals surface area contributed by atoms with E-state index in [1.165, 1.54) is 6.08 Å². The molecule has 0 aromatic heterocycles. The normalized spacial score (nSPS) is 10.6. The Labute approximate surface area is 137 Å². The highest BCUT2D eigenvalue weighted by molar-refractivity contribution is 9.10. The molecule has 0 aliphatic carbocycles. The molecule has 114 valence electrons. The molecule has 0 unspecified atom stereocenters. The van der Waals surface area contributed by atoms with Crippen LogP contribution in [0.1, 0.15) is 11.1 Å². The van der Waals surface area contributed by atoms with E-state index in [9.17, 15) is 4.79 Å². The van der Waals surface area contributed by atoms with Crippen molar-refractivity contribution in [1.29, 1.82) is 0 Å². The largest absolute Gasteiger partial charge is 0.493 e. The number of benzene rings is 2. The Morgan fingerprint density at radius 2 is 2.00 bits per heavy atom. The van der Waals surface area contributed by atoms with Crippen molar-refractivity contribution in [1.82, 2.24) is 0 Å². The summed E-state index contributed by atoms with van der Waals surface area (Å²) in [6.07, 6.45) is 2.55. The molecule has 1 N–H and O–H groups in total. The summed E-state index contributed by atoms with van der Waals surface area (Å²) in [5.41, 5.74) is 1.64. The van der Waals surface area contributed by atoms with Crippen molar-refractivity contribution in [2.75, 3.05) is 7.11 Å². The van der Waals surface area contributed by atoms with Gasteiger partial charge < -0.3 is 14.6 Å². The van der Waals surface area contributed by atoms with Gasteiger partial charge in [-0.05, 0) is 23.8 Å². The van der Waals surface area contributed by atoms with Gasteiger partial charge in [-0.3, -0.25) is 0 Å². The Morgan fingerprint density at radius 3 is 2.64 bits per heavy atom. The zero-order chi connectivity index (χ0) is 15.9. The van der Waals surface area contributed by atoms with Gasteiger partial charge in [0.05, 0.1) is 7.11 Å². The molecule has 0 saturated carbocycles. The van der Waals surface area contributed by atoms with Crippen LogP contribution in [0.15, 0.2) is 53.0 Å². The van der Waals surface area contributed by atoms with E-state index >= 15 is 0 Å². The molecule has 0 radical (unpaired) electrons. The maximum atomic E-state index is 10.7. The van der Waals surface area contributed by atoms with Gasteiger partial charge in [-0.25, -0.2) is 4.79 Å². The fourth-order valence-corrected chi connectivity index (χ4v) is 2.36. The lowest BCUT2D eigenvalue weighted by atomic mass is 10.1. The molecule has 0 spiro atoms. The summed E-state index contributed by atoms with van der Waals surface area (Å²) in [6, 6.07) is 13.3. The van der Waals surface area contributed by atoms with E-state index in [2.05, 4.69) is 15.9 Å². The molecule has 22 heavy (non-hydrogen) atoms. The molecule has 5 heteroatoms. The first kappa shape index (κ1) is 16.1. The Bertz CT molecular complexity index is 681. The van der Waals surface area contributed by atoms with Gasteiger partial charge in [-0.15, -0.1) is 0 Å². The van der Waals surface area contributed by atoms with Gasteiger partial charge in [0.25, 0.3) is 0 Å². The summed E-state index contributed by atoms with van der Waals surface area (Å²) in [5, 5.41) is 8.80. The molecule has 0 heterocycles. The first-order chi connectivity index (χ1) is 10.6. The van der Waals surface area contributed by atoms with Gasteiger partial charge >= 0.3 is 5.97 Å². The SMILES string of the molecule is COc1cc(Br)cc(C=CC(=O)O)c1OCc1ccccc1. The smallest absolute Gasteiger partial charge is 0.328 e. The minimum atomic E-state index is -1.02. The fraction of sp³-hybridized carbons (Fsp3) is 0.118. The zero-order valence-corrected chi connectivity index (χ0v) is 13.5. The summed E-state index contributed by atoms with van der Waals surface area (Å²) in [5.74, 6) is 0.0235. The number of methoxy groups -OCH3 is 1. The Morgan fingerprint density at radius 1 is 1.27 bits per heavy atom. The fourth-order valence-electron chi connectivity index (χ4n) is 1.91. The standard InChI is InChI=1S/C17H15BrO4/c1-21-15-10-14(18)9-13(7-8-16(19)20)17(15)22-11-12-5-3-2-4-6-12/h2-10H,11H2,1H3,(H,19,20). The van der Waals surface area contributed by atoms with Gasteiger partial charge in [0.15, 0.2) is 11.5 Å². The molecule has 0 atom stereocenters. The van der Waals surface area contributed by atoms with E-state index in [0.717, 1.165) is 16.1 Å². The first-order valence-electron chi connectivity index (χ1n) is 6.55. The van der Waals surface area contributed by atoms with Crippen LogP contribution >= 0.6 is 15.9 Å². The maximum Gasteiger partial charge on any atom is 0.328 e. The molecule has 0 aliphatic rings. The monoisotopic (exact) mass is 362 g/mol. The molecule has 2 rings (SSSR count). The highest BCUT2D eigenvalue weighted by atomic mass is 79.9. The van der Waals surface area contributed by atoms with Gasteiger partial charge in [0.1, 0.15) is 6.61 Å². The van der Waals surface area contributed by atoms with Crippen molar-refractivity contribution in [3.63, 3.8) is 0 Å². The second-order valence-corrected chi connectivity index (χ2v) is 5.39. The predicted octanol–water partition coefficient (Wildman–Crippen LogP) is 4.13. The number of carboxylic acids is 1. The number of rotatable bonds is 6. The molecule has 0 amide bonds. The van der Waals surface area contributed by atoms with E-state index in [1.54, 1.807) is 19.2 Å². The highest BCUT2D eigenvalue weighted by Gasteiger charge is 2.11. The molecule has 2 aromatic rings. The summed E-state index contributed by atoms with van der Waals surface area (Å²) in [6.45, 7) is 0.368. The third-order valence-corrected chi connectivity index (χ3v) is 3.36. The average molecular weight is 363 g/mol. The summed E-state index contributed by atoms with van der Waals surface area (Å²) >= 11 is 3.37. The minimum absolute atomic E-state index is 0.368. The Kier molecular flexibility index (Phi) is 5.61. The van der Waals surface area contributed by atoms with Gasteiger partial charge in [-0.1, -0.05) is 46.3 Å². The van der Waals surface area contributed by atoms with Crippen LogP contribution in [0.3, 0.4) is 0 Å². The number of hydrogen-bond donors (Lipinski definition) is 1. The van der Waals surface area contributed by atoms with Gasteiger partial charge in [0, 0.05) is 16.1 Å². The number of carboxylic acid groups (broad SMARTS) is 1. The van der Waals surface area contributed by atoms with E-state index in [-0.39, 0.29) is 0 Å². The zero-order valence-electron chi connectivity index (χ0n) is 12.0. The molecule has 0 aliphatic heterocycles. The van der Waals surface area contributed by atoms with Crippen molar-refractivity contribution in [2.45, 2.75) is 6.61 Å². The Hall–Kier alpha value is -2.27. The van der Waals surface area contributed by atoms with Crippen LogP contribution in [0.25, 0.3) is 6.08 Å². The topological polar surface area (TPSA) is 55.8 Å². The lowest BCUT2D eigenvalue weighted by molar-refractivity contribution is -0.131. The molecule has 0 saturated heterocycles. The number of ether oxygens (including phenoxy) is 2. The van der Waals surface area contributed by atoms with E-state index in [1.807, 2.05) is 30.3 Å². The molecule has 2 aromatic carbocycles. The first-order valence-corrected chi connectivity index (χ1v) is 7.34. The van der Waals surface area contributed by atoms with Crippen molar-refractivity contribution < 1.29 is 19.4 Å². The van der Waals surface area contributed by atoms with Crippen LogP contribution < -0.4 is 9.47 Å². The predicted molar refractivity (Wildman–Crippen MR) is 88.1 cm³/mol. The number of carbonyl (C=O) groups is 1. The molecular weight excluding hydrogens is 348 g/mol. The van der Waals surface area contributed by atoms with E-state index < -0.39 is 5.97 Å². The van der Waals surface area contributed by atoms with E-state index in [4.69, 9.17) is 14.6 Å². The van der Waals surface area contributed by atoms with Crippen LogP contribution in [-0.4, -0.2) is 18.2 Å². The second kappa shape index (κ2) is 7.66. The quantitative estimate of drug-likeness (QED) is 0.784. The highest BCUT2D eigenvalue weighted by Crippen LogP contribution is 2.36. The summed E-state index contributed by atoms with van der Waals surface area (Å²) in [4.78, 5) is 10.7. The molecule has 0 bridgehead atoms. The number of halogens is 1. The third-order valence-electron chi connectivity index (χ3n) is 2.90. The van der Waals surface area contributed by atoms with Crippen molar-refractivity contribution in [3.05, 3.63) is 64.1 Å². The molecule has 4 nitrogen and oxygen atoms in total. The second-order valence-electron chi connectivity index (χ2n) is 4.47.